The van der Waals surface area contributed by atoms with E-state index in [2.05, 4.69) is 25.1 Å². The second-order valence-electron chi connectivity index (χ2n) is 7.93. The van der Waals surface area contributed by atoms with Gasteiger partial charge in [-0.3, -0.25) is 9.13 Å². The van der Waals surface area contributed by atoms with Crippen LogP contribution >= 0.6 is 0 Å². The van der Waals surface area contributed by atoms with Gasteiger partial charge >= 0.3 is 5.69 Å². The summed E-state index contributed by atoms with van der Waals surface area (Å²) in [5.41, 5.74) is 7.36. The van der Waals surface area contributed by atoms with E-state index in [0.717, 1.165) is 45.8 Å². The Morgan fingerprint density at radius 3 is 2.55 bits per heavy atom. The number of aryl methyl sites for hydroxylation is 4. The third-order valence-corrected chi connectivity index (χ3v) is 5.65. The third kappa shape index (κ3) is 3.79. The Morgan fingerprint density at radius 1 is 1.13 bits per heavy atom. The van der Waals surface area contributed by atoms with Crippen LogP contribution in [0.4, 0.5) is 5.69 Å². The van der Waals surface area contributed by atoms with Crippen molar-refractivity contribution in [2.75, 3.05) is 6.61 Å². The van der Waals surface area contributed by atoms with Gasteiger partial charge < -0.3 is 4.74 Å². The molecule has 0 atom stereocenters. The van der Waals surface area contributed by atoms with Crippen molar-refractivity contribution >= 4 is 5.69 Å². The Hall–Kier alpha value is -3.59. The lowest BCUT2D eigenvalue weighted by molar-refractivity contribution is 0.340. The molecule has 0 spiro atoms. The second-order valence-corrected chi connectivity index (χ2v) is 7.93. The minimum absolute atomic E-state index is 0.0436. The van der Waals surface area contributed by atoms with E-state index in [1.165, 1.54) is 10.1 Å². The summed E-state index contributed by atoms with van der Waals surface area (Å²) in [4.78, 5) is 18.2. The molecule has 2 aromatic carbocycles. The third-order valence-electron chi connectivity index (χ3n) is 5.65. The van der Waals surface area contributed by atoms with Crippen LogP contribution in [0.2, 0.25) is 0 Å². The minimum atomic E-state index is -0.209. The van der Waals surface area contributed by atoms with Crippen LogP contribution in [0.25, 0.3) is 11.3 Å². The van der Waals surface area contributed by atoms with Crippen molar-refractivity contribution in [1.29, 1.82) is 5.26 Å². The Morgan fingerprint density at radius 2 is 1.87 bits per heavy atom. The summed E-state index contributed by atoms with van der Waals surface area (Å²) in [6.07, 6.45) is 0.738. The largest absolute Gasteiger partial charge is 0.494 e. The standard InChI is InChI=1S/C25H26N4O2/c1-5-31-20-6-7-21-19(14-20)8-10-28-22(21)15-23(29(11-9-26)25(28)30)27-24-17(3)12-16(2)13-18(24)4/h6-7,12-15H,5,8,10-11H2,1-4H3. The molecule has 1 aromatic heterocycles. The van der Waals surface area contributed by atoms with E-state index in [-0.39, 0.29) is 12.2 Å². The Bertz CT molecular complexity index is 1320. The van der Waals surface area contributed by atoms with Crippen molar-refractivity contribution in [1.82, 2.24) is 9.13 Å². The van der Waals surface area contributed by atoms with E-state index < -0.39 is 0 Å². The molecule has 158 valence electrons. The molecule has 0 saturated carbocycles. The molecule has 0 N–H and O–H groups in total. The number of benzene rings is 2. The van der Waals surface area contributed by atoms with Crippen molar-refractivity contribution in [2.45, 2.75) is 47.2 Å². The molecule has 0 aliphatic carbocycles. The Labute approximate surface area is 181 Å². The Kier molecular flexibility index (Phi) is 5.51. The lowest BCUT2D eigenvalue weighted by Crippen LogP contribution is -2.42. The summed E-state index contributed by atoms with van der Waals surface area (Å²) in [5, 5.41) is 9.35. The number of fused-ring (bicyclic) bond motifs is 3. The molecule has 1 aliphatic rings. The summed E-state index contributed by atoms with van der Waals surface area (Å²) in [6, 6.07) is 14.2. The van der Waals surface area contributed by atoms with Gasteiger partial charge in [-0.1, -0.05) is 17.7 Å². The molecular formula is C25H26N4O2. The van der Waals surface area contributed by atoms with Gasteiger partial charge in [0.1, 0.15) is 17.8 Å². The van der Waals surface area contributed by atoms with Crippen LogP contribution in [0, 0.1) is 32.1 Å². The van der Waals surface area contributed by atoms with E-state index in [1.54, 1.807) is 4.57 Å². The maximum absolute atomic E-state index is 13.3. The van der Waals surface area contributed by atoms with Gasteiger partial charge in [-0.2, -0.15) is 5.26 Å². The predicted molar refractivity (Wildman–Crippen MR) is 120 cm³/mol. The van der Waals surface area contributed by atoms with Gasteiger partial charge in [0.2, 0.25) is 0 Å². The first-order valence-corrected chi connectivity index (χ1v) is 10.5. The number of hydrogen-bond donors (Lipinski definition) is 0. The van der Waals surface area contributed by atoms with Crippen LogP contribution in [-0.2, 0) is 19.5 Å². The van der Waals surface area contributed by atoms with Gasteiger partial charge in [0.15, 0.2) is 0 Å². The summed E-state index contributed by atoms with van der Waals surface area (Å²) in [5.74, 6) is 0.836. The molecule has 0 radical (unpaired) electrons. The highest BCUT2D eigenvalue weighted by Crippen LogP contribution is 2.31. The van der Waals surface area contributed by atoms with E-state index in [4.69, 9.17) is 9.73 Å². The normalized spacial score (nSPS) is 12.8. The van der Waals surface area contributed by atoms with E-state index in [1.807, 2.05) is 45.0 Å². The summed E-state index contributed by atoms with van der Waals surface area (Å²) in [6.45, 7) is 9.18. The topological polar surface area (TPSA) is 72.3 Å². The zero-order valence-electron chi connectivity index (χ0n) is 18.4. The summed E-state index contributed by atoms with van der Waals surface area (Å²) >= 11 is 0. The van der Waals surface area contributed by atoms with E-state index in [0.29, 0.717) is 18.6 Å². The first-order chi connectivity index (χ1) is 14.9. The molecule has 4 rings (SSSR count). The molecule has 6 nitrogen and oxygen atoms in total. The van der Waals surface area contributed by atoms with E-state index >= 15 is 0 Å². The van der Waals surface area contributed by atoms with Crippen LogP contribution in [0.1, 0.15) is 29.2 Å². The molecule has 0 bridgehead atoms. The molecule has 31 heavy (non-hydrogen) atoms. The summed E-state index contributed by atoms with van der Waals surface area (Å²) < 4.78 is 8.85. The molecule has 1 aliphatic heterocycles. The van der Waals surface area contributed by atoms with Gasteiger partial charge in [0.25, 0.3) is 0 Å². The van der Waals surface area contributed by atoms with Crippen LogP contribution in [0.5, 0.6) is 5.75 Å². The monoisotopic (exact) mass is 414 g/mol. The lowest BCUT2D eigenvalue weighted by atomic mass is 9.97. The van der Waals surface area contributed by atoms with Crippen molar-refractivity contribution in [3.8, 4) is 23.1 Å². The molecule has 2 heterocycles. The fourth-order valence-corrected chi connectivity index (χ4v) is 4.35. The molecule has 0 saturated heterocycles. The quantitative estimate of drug-likeness (QED) is 0.649. The van der Waals surface area contributed by atoms with Gasteiger partial charge in [-0.15, -0.1) is 0 Å². The first kappa shape index (κ1) is 20.7. The van der Waals surface area contributed by atoms with Crippen LogP contribution in [0.3, 0.4) is 0 Å². The fourth-order valence-electron chi connectivity index (χ4n) is 4.35. The van der Waals surface area contributed by atoms with Gasteiger partial charge in [0, 0.05) is 18.2 Å². The van der Waals surface area contributed by atoms with E-state index in [9.17, 15) is 10.1 Å². The maximum atomic E-state index is 13.3. The lowest BCUT2D eigenvalue weighted by Gasteiger charge is -2.23. The average molecular weight is 415 g/mol. The number of nitriles is 1. The number of ether oxygens (including phenoxy) is 1. The smallest absolute Gasteiger partial charge is 0.331 e. The van der Waals surface area contributed by atoms with Gasteiger partial charge in [-0.25, -0.2) is 9.79 Å². The zero-order valence-corrected chi connectivity index (χ0v) is 18.4. The molecular weight excluding hydrogens is 388 g/mol. The van der Waals surface area contributed by atoms with Crippen LogP contribution in [-0.4, -0.2) is 15.7 Å². The Balaban J connectivity index is 1.98. The molecule has 0 amide bonds. The number of hydrogen-bond acceptors (Lipinski definition) is 4. The highest BCUT2D eigenvalue weighted by atomic mass is 16.5. The number of nitrogens with zero attached hydrogens (tertiary/aromatic N) is 4. The van der Waals surface area contributed by atoms with Gasteiger partial charge in [-0.05, 0) is 69.0 Å². The van der Waals surface area contributed by atoms with Crippen molar-refractivity contribution < 1.29 is 4.74 Å². The van der Waals surface area contributed by atoms with Crippen LogP contribution in [0.15, 0.2) is 46.2 Å². The van der Waals surface area contributed by atoms with Gasteiger partial charge in [0.05, 0.1) is 24.1 Å². The minimum Gasteiger partial charge on any atom is -0.494 e. The summed E-state index contributed by atoms with van der Waals surface area (Å²) in [7, 11) is 0. The highest BCUT2D eigenvalue weighted by Gasteiger charge is 2.20. The predicted octanol–water partition coefficient (Wildman–Crippen LogP) is 3.95. The van der Waals surface area contributed by atoms with Crippen molar-refractivity contribution in [3.05, 3.63) is 74.6 Å². The van der Waals surface area contributed by atoms with Crippen molar-refractivity contribution in [2.24, 2.45) is 4.99 Å². The average Bonchev–Trinajstić information content (AvgIpc) is 2.73. The maximum Gasteiger partial charge on any atom is 0.331 e. The first-order valence-electron chi connectivity index (χ1n) is 10.5. The molecule has 0 unspecified atom stereocenters. The second kappa shape index (κ2) is 8.27. The molecule has 3 aromatic rings. The zero-order chi connectivity index (χ0) is 22.1. The number of rotatable bonds is 4. The molecule has 0 fully saturated rings. The highest BCUT2D eigenvalue weighted by molar-refractivity contribution is 5.67. The number of aromatic nitrogens is 2. The van der Waals surface area contributed by atoms with Crippen LogP contribution < -0.4 is 15.9 Å². The SMILES string of the molecule is CCOc1ccc2c(c1)CCn1c-2cc(=Nc2c(C)cc(C)cc2C)n(CC#N)c1=O. The fraction of sp³-hybridized carbons (Fsp3) is 0.320. The van der Waals surface area contributed by atoms with Crippen molar-refractivity contribution in [3.63, 3.8) is 0 Å². The molecule has 6 heteroatoms.